The fourth-order valence-corrected chi connectivity index (χ4v) is 10.9. The van der Waals surface area contributed by atoms with E-state index in [9.17, 15) is 5.11 Å². The standard InChI is InChI=1S/C44H78O7/c1-43(2,34-15-21-39(22-16-34)48-28-41-30-50-41)33-11-9-32(10-12-33)8-6-5-7-25-46-26-37(45)27-47-38-19-13-35(14-20-38)44(3,4)36-17-23-40(24-18-36)49-29-42-31-51-42/h32-42,45H,5-31H2,1-4H3. The highest BCUT2D eigenvalue weighted by Crippen LogP contribution is 2.51. The molecule has 7 nitrogen and oxygen atoms in total. The first kappa shape index (κ1) is 40.4. The van der Waals surface area contributed by atoms with E-state index in [2.05, 4.69) is 27.7 Å². The summed E-state index contributed by atoms with van der Waals surface area (Å²) in [6.07, 6.45) is 27.0. The van der Waals surface area contributed by atoms with Crippen LogP contribution in [0.25, 0.3) is 0 Å². The molecule has 6 aliphatic rings. The van der Waals surface area contributed by atoms with Crippen LogP contribution in [0, 0.1) is 40.4 Å². The van der Waals surface area contributed by atoms with Crippen LogP contribution >= 0.6 is 0 Å². The van der Waals surface area contributed by atoms with Crippen molar-refractivity contribution in [2.45, 2.75) is 193 Å². The first-order valence-electron chi connectivity index (χ1n) is 22.0. The van der Waals surface area contributed by atoms with Crippen LogP contribution in [0.15, 0.2) is 0 Å². The van der Waals surface area contributed by atoms with Crippen LogP contribution in [-0.2, 0) is 28.4 Å². The minimum atomic E-state index is -0.520. The maximum atomic E-state index is 10.5. The Hall–Kier alpha value is -0.280. The summed E-state index contributed by atoms with van der Waals surface area (Å²) >= 11 is 0. The zero-order chi connectivity index (χ0) is 35.7. The van der Waals surface area contributed by atoms with Gasteiger partial charge in [0.2, 0.25) is 0 Å². The van der Waals surface area contributed by atoms with Crippen molar-refractivity contribution in [2.75, 3.05) is 46.2 Å². The first-order valence-corrected chi connectivity index (χ1v) is 22.0. The van der Waals surface area contributed by atoms with Crippen LogP contribution in [-0.4, -0.2) is 88.0 Å². The number of epoxide rings is 2. The lowest BCUT2D eigenvalue weighted by Crippen LogP contribution is -2.39. The molecule has 0 aromatic carbocycles. The van der Waals surface area contributed by atoms with Crippen molar-refractivity contribution >= 4 is 0 Å². The number of hydrogen-bond donors (Lipinski definition) is 1. The van der Waals surface area contributed by atoms with Gasteiger partial charge in [-0.1, -0.05) is 59.8 Å². The third-order valence-corrected chi connectivity index (χ3v) is 15.2. The summed E-state index contributed by atoms with van der Waals surface area (Å²) in [6.45, 7) is 15.1. The van der Waals surface area contributed by atoms with Crippen molar-refractivity contribution in [2.24, 2.45) is 40.4 Å². The van der Waals surface area contributed by atoms with Gasteiger partial charge in [0.05, 0.1) is 58.0 Å². The van der Waals surface area contributed by atoms with Crippen molar-refractivity contribution in [3.05, 3.63) is 0 Å². The molecule has 0 aromatic heterocycles. The molecule has 51 heavy (non-hydrogen) atoms. The topological polar surface area (TPSA) is 82.2 Å². The Morgan fingerprint density at radius 3 is 1.37 bits per heavy atom. The maximum Gasteiger partial charge on any atom is 0.104 e. The molecule has 0 bridgehead atoms. The van der Waals surface area contributed by atoms with Crippen LogP contribution in [0.2, 0.25) is 0 Å². The summed E-state index contributed by atoms with van der Waals surface area (Å²) in [7, 11) is 0. The molecule has 3 unspecified atom stereocenters. The van der Waals surface area contributed by atoms with Gasteiger partial charge in [-0.25, -0.2) is 0 Å². The van der Waals surface area contributed by atoms with Crippen molar-refractivity contribution in [3.63, 3.8) is 0 Å². The summed E-state index contributed by atoms with van der Waals surface area (Å²) in [5.74, 6) is 4.22. The quantitative estimate of drug-likeness (QED) is 0.0936. The molecular weight excluding hydrogens is 640 g/mol. The van der Waals surface area contributed by atoms with Gasteiger partial charge in [-0.3, -0.25) is 0 Å². The molecule has 4 saturated carbocycles. The predicted molar refractivity (Wildman–Crippen MR) is 203 cm³/mol. The maximum absolute atomic E-state index is 10.5. The SMILES string of the molecule is CC(C)(C1CCC(CCCCCOCC(O)COC2CCC(C(C)(C)C3CCC(OCC4CO4)CC3)CC2)CC1)C1CCC(OCC2CO2)CC1. The van der Waals surface area contributed by atoms with E-state index in [1.165, 1.54) is 109 Å². The van der Waals surface area contributed by atoms with Gasteiger partial charge < -0.3 is 33.5 Å². The first-order chi connectivity index (χ1) is 24.7. The van der Waals surface area contributed by atoms with E-state index in [0.29, 0.717) is 48.5 Å². The lowest BCUT2D eigenvalue weighted by atomic mass is 9.59. The molecule has 0 spiro atoms. The molecule has 0 aromatic rings. The van der Waals surface area contributed by atoms with E-state index < -0.39 is 6.10 Å². The average molecular weight is 719 g/mol. The lowest BCUT2D eigenvalue weighted by molar-refractivity contribution is -0.0685. The third kappa shape index (κ3) is 12.6. The highest BCUT2D eigenvalue weighted by Gasteiger charge is 2.42. The summed E-state index contributed by atoms with van der Waals surface area (Å²) in [5, 5.41) is 10.5. The average Bonchev–Trinajstić information content (AvgIpc) is 4.09. The van der Waals surface area contributed by atoms with Gasteiger partial charge in [0.15, 0.2) is 0 Å². The molecule has 2 saturated heterocycles. The molecule has 4 aliphatic carbocycles. The lowest BCUT2D eigenvalue weighted by Gasteiger charge is -2.46. The molecule has 2 aliphatic heterocycles. The van der Waals surface area contributed by atoms with E-state index in [0.717, 1.165) is 81.9 Å². The van der Waals surface area contributed by atoms with Gasteiger partial charge in [0.25, 0.3) is 0 Å². The highest BCUT2D eigenvalue weighted by atomic mass is 16.6. The number of rotatable bonds is 21. The van der Waals surface area contributed by atoms with Gasteiger partial charge in [-0.05, 0) is 137 Å². The Morgan fingerprint density at radius 1 is 0.529 bits per heavy atom. The normalized spacial score (nSPS) is 36.9. The van der Waals surface area contributed by atoms with Gasteiger partial charge in [-0.2, -0.15) is 0 Å². The van der Waals surface area contributed by atoms with Crippen LogP contribution in [0.4, 0.5) is 0 Å². The number of aliphatic hydroxyl groups excluding tert-OH is 1. The Morgan fingerprint density at radius 2 is 0.941 bits per heavy atom. The van der Waals surface area contributed by atoms with Crippen molar-refractivity contribution in [3.8, 4) is 0 Å². The van der Waals surface area contributed by atoms with Crippen molar-refractivity contribution < 1.29 is 33.5 Å². The number of hydrogen-bond acceptors (Lipinski definition) is 7. The van der Waals surface area contributed by atoms with Crippen molar-refractivity contribution in [1.29, 1.82) is 0 Å². The summed E-state index contributed by atoms with van der Waals surface area (Å²) in [5.41, 5.74) is 0.834. The van der Waals surface area contributed by atoms with E-state index in [4.69, 9.17) is 28.4 Å². The fourth-order valence-electron chi connectivity index (χ4n) is 10.9. The Balaban J connectivity index is 0.739. The van der Waals surface area contributed by atoms with Crippen LogP contribution in [0.5, 0.6) is 0 Å². The number of aliphatic hydroxyl groups is 1. The Bertz CT molecular complexity index is 962. The molecular formula is C44H78O7. The van der Waals surface area contributed by atoms with E-state index in [-0.39, 0.29) is 6.10 Å². The smallest absolute Gasteiger partial charge is 0.104 e. The zero-order valence-electron chi connectivity index (χ0n) is 33.3. The molecule has 1 N–H and O–H groups in total. The molecule has 2 heterocycles. The van der Waals surface area contributed by atoms with Crippen LogP contribution < -0.4 is 0 Å². The predicted octanol–water partition coefficient (Wildman–Crippen LogP) is 9.31. The second-order valence-electron chi connectivity index (χ2n) is 19.3. The number of unbranched alkanes of at least 4 members (excludes halogenated alkanes) is 2. The van der Waals surface area contributed by atoms with Gasteiger partial charge in [0.1, 0.15) is 18.3 Å². The zero-order valence-corrected chi connectivity index (χ0v) is 33.3. The second kappa shape index (κ2) is 19.5. The van der Waals surface area contributed by atoms with Gasteiger partial charge in [-0.15, -0.1) is 0 Å². The third-order valence-electron chi connectivity index (χ3n) is 15.2. The molecule has 0 radical (unpaired) electrons. The minimum absolute atomic E-state index is 0.286. The van der Waals surface area contributed by atoms with E-state index in [1.54, 1.807) is 0 Å². The summed E-state index contributed by atoms with van der Waals surface area (Å²) < 4.78 is 34.9. The van der Waals surface area contributed by atoms with Crippen LogP contribution in [0.1, 0.15) is 156 Å². The van der Waals surface area contributed by atoms with Crippen molar-refractivity contribution in [1.82, 2.24) is 0 Å². The number of ether oxygens (including phenoxy) is 6. The van der Waals surface area contributed by atoms with Gasteiger partial charge >= 0.3 is 0 Å². The Kier molecular flexibility index (Phi) is 15.5. The Labute approximate surface area is 312 Å². The molecule has 0 amide bonds. The minimum Gasteiger partial charge on any atom is -0.388 e. The highest BCUT2D eigenvalue weighted by molar-refractivity contribution is 4.92. The monoisotopic (exact) mass is 719 g/mol. The fraction of sp³-hybridized carbons (Fsp3) is 1.00. The molecule has 7 heteroatoms. The molecule has 6 fully saturated rings. The second-order valence-corrected chi connectivity index (χ2v) is 19.3. The molecule has 296 valence electrons. The summed E-state index contributed by atoms with van der Waals surface area (Å²) in [4.78, 5) is 0. The van der Waals surface area contributed by atoms with Gasteiger partial charge in [0, 0.05) is 6.61 Å². The van der Waals surface area contributed by atoms with Crippen LogP contribution in [0.3, 0.4) is 0 Å². The largest absolute Gasteiger partial charge is 0.388 e. The summed E-state index contributed by atoms with van der Waals surface area (Å²) in [6, 6.07) is 0. The van der Waals surface area contributed by atoms with E-state index >= 15 is 0 Å². The van der Waals surface area contributed by atoms with E-state index in [1.807, 2.05) is 0 Å². The molecule has 6 rings (SSSR count). The molecule has 3 atom stereocenters.